The van der Waals surface area contributed by atoms with Crippen LogP contribution in [0.25, 0.3) is 10.9 Å². The molecule has 0 unspecified atom stereocenters. The van der Waals surface area contributed by atoms with Crippen LogP contribution in [0.1, 0.15) is 34.6 Å². The maximum absolute atomic E-state index is 14.0. The average molecular weight is 429 g/mol. The lowest BCUT2D eigenvalue weighted by Gasteiger charge is -2.43. The number of benzene rings is 1. The zero-order chi connectivity index (χ0) is 20.0. The van der Waals surface area contributed by atoms with Gasteiger partial charge in [0.2, 0.25) is 0 Å². The molecular weight excluding hydrogens is 407 g/mol. The first-order chi connectivity index (χ1) is 14.1. The van der Waals surface area contributed by atoms with Crippen molar-refractivity contribution in [3.05, 3.63) is 76.1 Å². The predicted molar refractivity (Wildman–Crippen MR) is 115 cm³/mol. The fourth-order valence-corrected chi connectivity index (χ4v) is 4.69. The Kier molecular flexibility index (Phi) is 5.58. The van der Waals surface area contributed by atoms with E-state index in [1.165, 1.54) is 6.07 Å². The number of hydrogen-bond donors (Lipinski definition) is 2. The Morgan fingerprint density at radius 2 is 2.00 bits per heavy atom. The summed E-state index contributed by atoms with van der Waals surface area (Å²) >= 11 is 0. The van der Waals surface area contributed by atoms with Gasteiger partial charge in [0.1, 0.15) is 17.0 Å². The van der Waals surface area contributed by atoms with E-state index in [4.69, 9.17) is 0 Å². The number of halogens is 2. The fraction of sp³-hybridized carbons (Fsp3) is 0.318. The minimum absolute atomic E-state index is 0. The van der Waals surface area contributed by atoms with Crippen LogP contribution in [-0.4, -0.2) is 35.1 Å². The van der Waals surface area contributed by atoms with E-state index in [0.717, 1.165) is 25.2 Å². The summed E-state index contributed by atoms with van der Waals surface area (Å²) in [6.45, 7) is 2.01. The van der Waals surface area contributed by atoms with Crippen LogP contribution >= 0.6 is 12.4 Å². The molecule has 0 radical (unpaired) electrons. The molecule has 30 heavy (non-hydrogen) atoms. The van der Waals surface area contributed by atoms with Gasteiger partial charge in [0.25, 0.3) is 11.5 Å². The Balaban J connectivity index is 0.00000218. The summed E-state index contributed by atoms with van der Waals surface area (Å²) in [5, 5.41) is 7.00. The lowest BCUT2D eigenvalue weighted by atomic mass is 9.79. The maximum atomic E-state index is 14.0. The van der Waals surface area contributed by atoms with Crippen molar-refractivity contribution in [2.24, 2.45) is 5.92 Å². The van der Waals surface area contributed by atoms with Gasteiger partial charge in [-0.2, -0.15) is 0 Å². The highest BCUT2D eigenvalue weighted by Crippen LogP contribution is 2.38. The number of nitrogens with zero attached hydrogens (tertiary/aromatic N) is 2. The van der Waals surface area contributed by atoms with E-state index in [-0.39, 0.29) is 47.0 Å². The molecule has 0 spiro atoms. The van der Waals surface area contributed by atoms with Crippen LogP contribution < -0.4 is 16.2 Å². The molecule has 6 nitrogen and oxygen atoms in total. The molecule has 1 fully saturated rings. The molecule has 1 aromatic carbocycles. The van der Waals surface area contributed by atoms with Gasteiger partial charge in [-0.25, -0.2) is 9.37 Å². The number of amides is 1. The fourth-order valence-electron chi connectivity index (χ4n) is 4.69. The van der Waals surface area contributed by atoms with Gasteiger partial charge < -0.3 is 15.2 Å². The number of para-hydroxylation sites is 1. The molecule has 1 saturated heterocycles. The monoisotopic (exact) mass is 428 g/mol. The van der Waals surface area contributed by atoms with Gasteiger partial charge in [-0.05, 0) is 30.5 Å². The van der Waals surface area contributed by atoms with Gasteiger partial charge in [0.15, 0.2) is 0 Å². The van der Waals surface area contributed by atoms with Gasteiger partial charge in [0, 0.05) is 42.7 Å². The highest BCUT2D eigenvalue weighted by Gasteiger charge is 2.37. The normalized spacial score (nSPS) is 22.1. The standard InChI is InChI=1S/C22H21FN4O2.ClH/c23-16-4-1-3-13-7-8-17(26-21(13)16)22(29)25-12-19-15-9-14(10-24-11-15)18-5-2-6-20(28)27(18)19;/h1-8,14-15,19,24H,9-12H2,(H,25,29);1H/t14-,15+,19+;/m1./s1. The molecule has 1 amide bonds. The highest BCUT2D eigenvalue weighted by atomic mass is 35.5. The van der Waals surface area contributed by atoms with Crippen molar-refractivity contribution in [1.82, 2.24) is 20.2 Å². The predicted octanol–water partition coefficient (Wildman–Crippen LogP) is 2.64. The molecule has 0 saturated carbocycles. The largest absolute Gasteiger partial charge is 0.349 e. The summed E-state index contributed by atoms with van der Waals surface area (Å²) in [7, 11) is 0. The Labute approximate surface area is 178 Å². The van der Waals surface area contributed by atoms with Gasteiger partial charge in [0.05, 0.1) is 6.04 Å². The van der Waals surface area contributed by atoms with Crippen LogP contribution in [-0.2, 0) is 0 Å². The minimum atomic E-state index is -0.454. The highest BCUT2D eigenvalue weighted by molar-refractivity contribution is 5.94. The van der Waals surface area contributed by atoms with E-state index in [2.05, 4.69) is 15.6 Å². The molecule has 2 N–H and O–H groups in total. The van der Waals surface area contributed by atoms with E-state index in [9.17, 15) is 14.0 Å². The van der Waals surface area contributed by atoms with E-state index in [1.54, 1.807) is 36.4 Å². The third-order valence-corrected chi connectivity index (χ3v) is 6.08. The first-order valence-electron chi connectivity index (χ1n) is 9.87. The number of hydrogen-bond acceptors (Lipinski definition) is 4. The molecule has 2 aromatic heterocycles. The van der Waals surface area contributed by atoms with E-state index < -0.39 is 5.82 Å². The maximum Gasteiger partial charge on any atom is 0.269 e. The number of pyridine rings is 2. The third-order valence-electron chi connectivity index (χ3n) is 6.08. The Hall–Kier alpha value is -2.77. The van der Waals surface area contributed by atoms with Crippen LogP contribution in [0, 0.1) is 11.7 Å². The van der Waals surface area contributed by atoms with Crippen molar-refractivity contribution in [2.75, 3.05) is 19.6 Å². The number of rotatable bonds is 3. The lowest BCUT2D eigenvalue weighted by Crippen LogP contribution is -2.50. The van der Waals surface area contributed by atoms with E-state index >= 15 is 0 Å². The summed E-state index contributed by atoms with van der Waals surface area (Å²) in [6.07, 6.45) is 0.996. The third kappa shape index (κ3) is 3.48. The number of fused-ring (bicyclic) bond motifs is 5. The molecule has 3 atom stereocenters. The lowest BCUT2D eigenvalue weighted by molar-refractivity contribution is 0.0927. The molecule has 2 aliphatic heterocycles. The van der Waals surface area contributed by atoms with E-state index in [0.29, 0.717) is 17.8 Å². The number of aromatic nitrogens is 2. The topological polar surface area (TPSA) is 76.0 Å². The van der Waals surface area contributed by atoms with Crippen molar-refractivity contribution < 1.29 is 9.18 Å². The second-order valence-electron chi connectivity index (χ2n) is 7.80. The zero-order valence-corrected chi connectivity index (χ0v) is 17.0. The number of piperidine rings is 1. The van der Waals surface area contributed by atoms with Gasteiger partial charge >= 0.3 is 0 Å². The smallest absolute Gasteiger partial charge is 0.269 e. The molecule has 8 heteroatoms. The van der Waals surface area contributed by atoms with Crippen LogP contribution in [0.4, 0.5) is 4.39 Å². The Morgan fingerprint density at radius 1 is 1.17 bits per heavy atom. The molecule has 156 valence electrons. The molecule has 2 aliphatic rings. The van der Waals surface area contributed by atoms with Crippen molar-refractivity contribution in [2.45, 2.75) is 18.4 Å². The van der Waals surface area contributed by atoms with Crippen molar-refractivity contribution in [3.63, 3.8) is 0 Å². The summed E-state index contributed by atoms with van der Waals surface area (Å²) in [5.41, 5.74) is 1.33. The van der Waals surface area contributed by atoms with Gasteiger partial charge in [-0.3, -0.25) is 9.59 Å². The van der Waals surface area contributed by atoms with Gasteiger partial charge in [-0.1, -0.05) is 24.3 Å². The van der Waals surface area contributed by atoms with Crippen molar-refractivity contribution in [1.29, 1.82) is 0 Å². The number of carbonyl (C=O) groups excluding carboxylic acids is 1. The zero-order valence-electron chi connectivity index (χ0n) is 16.2. The van der Waals surface area contributed by atoms with Crippen LogP contribution in [0.2, 0.25) is 0 Å². The molecule has 3 aromatic rings. The molecule has 5 rings (SSSR count). The summed E-state index contributed by atoms with van der Waals surface area (Å²) in [4.78, 5) is 29.5. The first kappa shape index (κ1) is 20.5. The number of carbonyl (C=O) groups is 1. The number of nitrogens with one attached hydrogen (secondary N) is 2. The van der Waals surface area contributed by atoms with Crippen LogP contribution in [0.15, 0.2) is 53.3 Å². The SMILES string of the molecule is Cl.O=C(NC[C@H]1[C@@H]2CNC[C@@H](C2)c2cccc(=O)n21)c1ccc2cccc(F)c2n1. The first-order valence-corrected chi connectivity index (χ1v) is 9.87. The molecule has 4 heterocycles. The van der Waals surface area contributed by atoms with Crippen molar-refractivity contribution in [3.8, 4) is 0 Å². The van der Waals surface area contributed by atoms with E-state index in [1.807, 2.05) is 10.6 Å². The quantitative estimate of drug-likeness (QED) is 0.672. The minimum Gasteiger partial charge on any atom is -0.349 e. The summed E-state index contributed by atoms with van der Waals surface area (Å²) in [6, 6.07) is 13.2. The van der Waals surface area contributed by atoms with Gasteiger partial charge in [-0.15, -0.1) is 12.4 Å². The molecule has 2 bridgehead atoms. The molecular formula is C22H22ClFN4O2. The molecule has 0 aliphatic carbocycles. The van der Waals surface area contributed by atoms with Crippen LogP contribution in [0.3, 0.4) is 0 Å². The Bertz CT molecular complexity index is 1170. The second kappa shape index (κ2) is 8.16. The van der Waals surface area contributed by atoms with Crippen molar-refractivity contribution >= 4 is 29.2 Å². The Morgan fingerprint density at radius 3 is 2.87 bits per heavy atom. The summed E-state index contributed by atoms with van der Waals surface area (Å²) < 4.78 is 15.9. The van der Waals surface area contributed by atoms with Crippen LogP contribution in [0.5, 0.6) is 0 Å². The second-order valence-corrected chi connectivity index (χ2v) is 7.80. The summed E-state index contributed by atoms with van der Waals surface area (Å²) in [5.74, 6) is -0.237. The average Bonchev–Trinajstić information content (AvgIpc) is 2.74.